The van der Waals surface area contributed by atoms with E-state index in [1.807, 2.05) is 30.3 Å². The molecule has 0 radical (unpaired) electrons. The Labute approximate surface area is 126 Å². The van der Waals surface area contributed by atoms with Gasteiger partial charge in [-0.2, -0.15) is 5.10 Å². The van der Waals surface area contributed by atoms with Gasteiger partial charge in [-0.1, -0.05) is 34.1 Å². The number of aromatic nitrogens is 2. The molecule has 0 spiro atoms. The lowest BCUT2D eigenvalue weighted by atomic mass is 10.1. The van der Waals surface area contributed by atoms with Crippen LogP contribution in [0.25, 0.3) is 22.5 Å². The number of nitrogens with zero attached hydrogens (tertiary/aromatic N) is 1. The Morgan fingerprint density at radius 2 is 1.90 bits per heavy atom. The molecule has 3 aromatic rings. The number of nitrogens with one attached hydrogen (secondary N) is 1. The molecule has 0 amide bonds. The standard InChI is InChI=1S/C15H11BrFN2P/c16-11-4-2-1-3-10(11)14-8-13(18-19-14)9-5-6-12(17)15(20)7-9/h1-8H,20H2,(H,18,19). The van der Waals surface area contributed by atoms with Crippen molar-refractivity contribution in [3.05, 3.63) is 58.8 Å². The minimum Gasteiger partial charge on any atom is -0.277 e. The van der Waals surface area contributed by atoms with E-state index in [9.17, 15) is 4.39 Å². The van der Waals surface area contributed by atoms with E-state index in [4.69, 9.17) is 0 Å². The minimum atomic E-state index is -0.236. The fourth-order valence-corrected chi connectivity index (χ4v) is 2.76. The third kappa shape index (κ3) is 2.54. The Morgan fingerprint density at radius 3 is 2.65 bits per heavy atom. The van der Waals surface area contributed by atoms with Crippen molar-refractivity contribution in [3.8, 4) is 22.5 Å². The predicted octanol–water partition coefficient (Wildman–Crippen LogP) is 4.15. The molecule has 20 heavy (non-hydrogen) atoms. The molecule has 0 aliphatic rings. The lowest BCUT2D eigenvalue weighted by molar-refractivity contribution is 0.637. The summed E-state index contributed by atoms with van der Waals surface area (Å²) in [6.07, 6.45) is 0. The van der Waals surface area contributed by atoms with Gasteiger partial charge in [-0.3, -0.25) is 5.10 Å². The highest BCUT2D eigenvalue weighted by atomic mass is 79.9. The Kier molecular flexibility index (Phi) is 3.68. The number of aromatic amines is 1. The fraction of sp³-hybridized carbons (Fsp3) is 0. The monoisotopic (exact) mass is 348 g/mol. The average molecular weight is 349 g/mol. The number of H-pyrrole nitrogens is 1. The number of hydrogen-bond acceptors (Lipinski definition) is 1. The second-order valence-corrected chi connectivity index (χ2v) is 5.86. The summed E-state index contributed by atoms with van der Waals surface area (Å²) in [5.74, 6) is -0.236. The van der Waals surface area contributed by atoms with Crippen LogP contribution in [0.4, 0.5) is 4.39 Å². The summed E-state index contributed by atoms with van der Waals surface area (Å²) in [7, 11) is 2.39. The zero-order valence-corrected chi connectivity index (χ0v) is 13.1. The van der Waals surface area contributed by atoms with Gasteiger partial charge in [-0.15, -0.1) is 9.24 Å². The molecule has 1 unspecified atom stereocenters. The molecule has 0 saturated carbocycles. The molecule has 1 heterocycles. The van der Waals surface area contributed by atoms with Crippen molar-refractivity contribution >= 4 is 30.5 Å². The molecule has 0 aliphatic heterocycles. The third-order valence-corrected chi connectivity index (χ3v) is 4.17. The quantitative estimate of drug-likeness (QED) is 0.692. The van der Waals surface area contributed by atoms with E-state index in [0.29, 0.717) is 5.30 Å². The van der Waals surface area contributed by atoms with Gasteiger partial charge >= 0.3 is 0 Å². The van der Waals surface area contributed by atoms with Gasteiger partial charge in [-0.05, 0) is 30.3 Å². The normalized spacial score (nSPS) is 10.8. The van der Waals surface area contributed by atoms with Crippen molar-refractivity contribution < 1.29 is 4.39 Å². The highest BCUT2D eigenvalue weighted by Gasteiger charge is 2.09. The van der Waals surface area contributed by atoms with Crippen LogP contribution in [0.5, 0.6) is 0 Å². The summed E-state index contributed by atoms with van der Waals surface area (Å²) < 4.78 is 14.3. The Hall–Kier alpha value is -1.51. The maximum atomic E-state index is 13.3. The molecule has 1 N–H and O–H groups in total. The van der Waals surface area contributed by atoms with Gasteiger partial charge < -0.3 is 0 Å². The lowest BCUT2D eigenvalue weighted by Gasteiger charge is -2.00. The fourth-order valence-electron chi connectivity index (χ4n) is 1.99. The average Bonchev–Trinajstić information content (AvgIpc) is 2.92. The molecule has 0 aliphatic carbocycles. The smallest absolute Gasteiger partial charge is 0.130 e. The van der Waals surface area contributed by atoms with E-state index < -0.39 is 0 Å². The van der Waals surface area contributed by atoms with Gasteiger partial charge in [0, 0.05) is 20.9 Å². The molecular weight excluding hydrogens is 338 g/mol. The molecule has 1 aromatic heterocycles. The SMILES string of the molecule is Fc1ccc(-c2cc(-c3ccccc3Br)[nH]n2)cc1P. The molecular formula is C15H11BrFN2P. The molecule has 3 rings (SSSR count). The Morgan fingerprint density at radius 1 is 1.10 bits per heavy atom. The van der Waals surface area contributed by atoms with Gasteiger partial charge in [0.1, 0.15) is 5.82 Å². The maximum Gasteiger partial charge on any atom is 0.130 e. The number of benzene rings is 2. The van der Waals surface area contributed by atoms with E-state index in [-0.39, 0.29) is 5.82 Å². The van der Waals surface area contributed by atoms with Crippen LogP contribution in [-0.4, -0.2) is 10.2 Å². The topological polar surface area (TPSA) is 28.7 Å². The van der Waals surface area contributed by atoms with Gasteiger partial charge in [0.05, 0.1) is 11.4 Å². The summed E-state index contributed by atoms with van der Waals surface area (Å²) in [5, 5.41) is 7.85. The summed E-state index contributed by atoms with van der Waals surface area (Å²) in [6.45, 7) is 0. The van der Waals surface area contributed by atoms with E-state index in [1.54, 1.807) is 12.1 Å². The van der Waals surface area contributed by atoms with Crippen molar-refractivity contribution in [2.45, 2.75) is 0 Å². The summed E-state index contributed by atoms with van der Waals surface area (Å²) >= 11 is 3.52. The van der Waals surface area contributed by atoms with Crippen LogP contribution < -0.4 is 5.30 Å². The second kappa shape index (κ2) is 5.47. The van der Waals surface area contributed by atoms with Crippen LogP contribution in [0.2, 0.25) is 0 Å². The van der Waals surface area contributed by atoms with Crippen molar-refractivity contribution in [1.29, 1.82) is 0 Å². The second-order valence-electron chi connectivity index (χ2n) is 4.38. The molecule has 0 fully saturated rings. The van der Waals surface area contributed by atoms with E-state index >= 15 is 0 Å². The molecule has 100 valence electrons. The minimum absolute atomic E-state index is 0.236. The zero-order valence-electron chi connectivity index (χ0n) is 10.4. The maximum absolute atomic E-state index is 13.3. The van der Waals surface area contributed by atoms with E-state index in [2.05, 4.69) is 35.4 Å². The van der Waals surface area contributed by atoms with Gasteiger partial charge in [0.2, 0.25) is 0 Å². The summed E-state index contributed by atoms with van der Waals surface area (Å²) in [6, 6.07) is 14.8. The van der Waals surface area contributed by atoms with Crippen LogP contribution in [0.1, 0.15) is 0 Å². The van der Waals surface area contributed by atoms with Crippen LogP contribution in [-0.2, 0) is 0 Å². The van der Waals surface area contributed by atoms with Crippen LogP contribution in [0, 0.1) is 5.82 Å². The van der Waals surface area contributed by atoms with Crippen molar-refractivity contribution in [2.24, 2.45) is 0 Å². The van der Waals surface area contributed by atoms with Gasteiger partial charge in [0.15, 0.2) is 0 Å². The van der Waals surface area contributed by atoms with Gasteiger partial charge in [-0.25, -0.2) is 4.39 Å². The molecule has 2 nitrogen and oxygen atoms in total. The van der Waals surface area contributed by atoms with Crippen molar-refractivity contribution in [3.63, 3.8) is 0 Å². The van der Waals surface area contributed by atoms with Gasteiger partial charge in [0.25, 0.3) is 0 Å². The molecule has 2 aromatic carbocycles. The zero-order chi connectivity index (χ0) is 14.1. The van der Waals surface area contributed by atoms with Crippen LogP contribution >= 0.6 is 25.2 Å². The summed E-state index contributed by atoms with van der Waals surface area (Å²) in [4.78, 5) is 0. The first-order valence-electron chi connectivity index (χ1n) is 6.01. The molecule has 0 saturated heterocycles. The first-order chi connectivity index (χ1) is 9.65. The van der Waals surface area contributed by atoms with Crippen LogP contribution in [0.15, 0.2) is 53.0 Å². The Bertz CT molecular complexity index is 770. The number of rotatable bonds is 2. The molecule has 0 bridgehead atoms. The van der Waals surface area contributed by atoms with E-state index in [1.165, 1.54) is 6.07 Å². The number of halogens is 2. The largest absolute Gasteiger partial charge is 0.277 e. The van der Waals surface area contributed by atoms with E-state index in [0.717, 1.165) is 27.0 Å². The lowest BCUT2D eigenvalue weighted by Crippen LogP contribution is -1.97. The van der Waals surface area contributed by atoms with Crippen molar-refractivity contribution in [2.75, 3.05) is 0 Å². The molecule has 1 atom stereocenters. The Balaban J connectivity index is 2.02. The highest BCUT2D eigenvalue weighted by Crippen LogP contribution is 2.29. The van der Waals surface area contributed by atoms with Crippen LogP contribution in [0.3, 0.4) is 0 Å². The van der Waals surface area contributed by atoms with Crippen molar-refractivity contribution in [1.82, 2.24) is 10.2 Å². The molecule has 5 heteroatoms. The third-order valence-electron chi connectivity index (χ3n) is 3.03. The first kappa shape index (κ1) is 13.5. The number of hydrogen-bond donors (Lipinski definition) is 1. The predicted molar refractivity (Wildman–Crippen MR) is 86.5 cm³/mol. The highest BCUT2D eigenvalue weighted by molar-refractivity contribution is 9.10. The first-order valence-corrected chi connectivity index (χ1v) is 7.38. The summed E-state index contributed by atoms with van der Waals surface area (Å²) in [5.41, 5.74) is 3.63.